The number of phenols is 1. The van der Waals surface area contributed by atoms with Crippen molar-refractivity contribution >= 4 is 69.7 Å². The average molecular weight is 609 g/mol. The van der Waals surface area contributed by atoms with Gasteiger partial charge in [-0.1, -0.05) is 35.0 Å². The number of aromatic nitrogens is 2. The van der Waals surface area contributed by atoms with Crippen LogP contribution in [-0.2, 0) is 11.4 Å². The Bertz CT molecular complexity index is 1140. The number of phenolic OH excluding ortho intramolecular Hbond substituents is 1. The molecule has 9 nitrogen and oxygen atoms in total. The number of benzene rings is 2. The average Bonchev–Trinajstić information content (AvgIpc) is 3.22. The number of ether oxygens (including phenoxy) is 2. The van der Waals surface area contributed by atoms with Crippen molar-refractivity contribution < 1.29 is 23.8 Å². The second kappa shape index (κ2) is 11.6. The van der Waals surface area contributed by atoms with Gasteiger partial charge in [0.25, 0.3) is 17.0 Å². The van der Waals surface area contributed by atoms with E-state index in [0.717, 1.165) is 11.8 Å². The number of halogens is 3. The Morgan fingerprint density at radius 1 is 1.31 bits per heavy atom. The highest BCUT2D eigenvalue weighted by Gasteiger charge is 2.11. The van der Waals surface area contributed by atoms with E-state index in [1.807, 2.05) is 22.6 Å². The van der Waals surface area contributed by atoms with E-state index >= 15 is 0 Å². The second-order valence-electron chi connectivity index (χ2n) is 5.96. The fraction of sp³-hybridized carbons (Fsp3) is 0.158. The van der Waals surface area contributed by atoms with E-state index in [2.05, 4.69) is 20.7 Å². The molecule has 0 aliphatic rings. The molecule has 0 radical (unpaired) electrons. The molecule has 3 aromatic rings. The highest BCUT2D eigenvalue weighted by atomic mass is 127. The molecule has 0 saturated carbocycles. The highest BCUT2D eigenvalue weighted by Crippen LogP contribution is 2.32. The van der Waals surface area contributed by atoms with Gasteiger partial charge in [0.1, 0.15) is 5.75 Å². The van der Waals surface area contributed by atoms with E-state index in [-0.39, 0.29) is 35.1 Å². The Hall–Kier alpha value is -2.22. The summed E-state index contributed by atoms with van der Waals surface area (Å²) >= 11 is 14.9. The number of carbonyl (C=O) groups excluding carboxylic acids is 1. The van der Waals surface area contributed by atoms with Gasteiger partial charge in [0, 0.05) is 5.02 Å². The minimum atomic E-state index is -0.365. The van der Waals surface area contributed by atoms with Crippen LogP contribution in [0.25, 0.3) is 0 Å². The van der Waals surface area contributed by atoms with Gasteiger partial charge in [-0.15, -0.1) is 10.2 Å². The molecule has 1 aromatic heterocycles. The summed E-state index contributed by atoms with van der Waals surface area (Å²) in [6, 6.07) is 8.14. The van der Waals surface area contributed by atoms with E-state index < -0.39 is 0 Å². The Balaban J connectivity index is 1.46. The Kier molecular flexibility index (Phi) is 8.84. The normalized spacial score (nSPS) is 11.0. The zero-order valence-corrected chi connectivity index (χ0v) is 20.8. The van der Waals surface area contributed by atoms with Gasteiger partial charge < -0.3 is 19.0 Å². The molecule has 32 heavy (non-hydrogen) atoms. The van der Waals surface area contributed by atoms with Gasteiger partial charge in [-0.05, 0) is 58.5 Å². The van der Waals surface area contributed by atoms with Gasteiger partial charge in [0.15, 0.2) is 18.1 Å². The maximum Gasteiger partial charge on any atom is 0.277 e. The van der Waals surface area contributed by atoms with Crippen LogP contribution in [-0.4, -0.2) is 40.3 Å². The number of hydrazone groups is 1. The van der Waals surface area contributed by atoms with Crippen molar-refractivity contribution in [2.45, 2.75) is 11.8 Å². The number of nitrogens with one attached hydrogen (secondary N) is 1. The van der Waals surface area contributed by atoms with Gasteiger partial charge in [-0.3, -0.25) is 4.79 Å². The van der Waals surface area contributed by atoms with Gasteiger partial charge in [0.05, 0.1) is 27.7 Å². The predicted molar refractivity (Wildman–Crippen MR) is 129 cm³/mol. The van der Waals surface area contributed by atoms with E-state index in [0.29, 0.717) is 30.7 Å². The molecule has 1 heterocycles. The molecule has 1 amide bonds. The Morgan fingerprint density at radius 3 is 2.88 bits per heavy atom. The van der Waals surface area contributed by atoms with Crippen molar-refractivity contribution in [3.8, 4) is 17.2 Å². The van der Waals surface area contributed by atoms with Crippen molar-refractivity contribution in [3.05, 3.63) is 55.4 Å². The lowest BCUT2D eigenvalue weighted by atomic mass is 10.2. The number of aromatic hydroxyl groups is 1. The van der Waals surface area contributed by atoms with Crippen molar-refractivity contribution in [2.75, 3.05) is 12.9 Å². The minimum absolute atomic E-state index is 0.0132. The van der Waals surface area contributed by atoms with E-state index in [9.17, 15) is 9.90 Å². The van der Waals surface area contributed by atoms with Crippen LogP contribution in [0.4, 0.5) is 0 Å². The van der Waals surface area contributed by atoms with Gasteiger partial charge in [0.2, 0.25) is 0 Å². The monoisotopic (exact) mass is 608 g/mol. The third-order valence-corrected chi connectivity index (χ3v) is 5.86. The fourth-order valence-corrected chi connectivity index (χ4v) is 3.91. The molecular formula is C19H15Cl2IN4O5S. The van der Waals surface area contributed by atoms with Crippen molar-refractivity contribution in [3.63, 3.8) is 0 Å². The molecule has 0 atom stereocenters. The first kappa shape index (κ1) is 24.4. The second-order valence-corrected chi connectivity index (χ2v) is 8.89. The molecule has 0 aliphatic carbocycles. The molecule has 0 bridgehead atoms. The first-order valence-corrected chi connectivity index (χ1v) is 11.6. The van der Waals surface area contributed by atoms with Crippen LogP contribution < -0.4 is 14.9 Å². The van der Waals surface area contributed by atoms with Crippen molar-refractivity contribution in [2.24, 2.45) is 5.10 Å². The molecule has 2 aromatic carbocycles. The number of rotatable bonds is 9. The zero-order valence-electron chi connectivity index (χ0n) is 16.3. The third kappa shape index (κ3) is 6.89. The number of hydrogen-bond donors (Lipinski definition) is 2. The summed E-state index contributed by atoms with van der Waals surface area (Å²) in [5.74, 6) is 0.672. The molecule has 0 aliphatic heterocycles. The SMILES string of the molecule is COc1cc(/C=N\NC(=O)CSc2nnc(COc3ccc(Cl)cc3Cl)o2)cc(I)c1O. The maximum absolute atomic E-state index is 12.0. The number of nitrogens with zero attached hydrogens (tertiary/aromatic N) is 3. The lowest BCUT2D eigenvalue weighted by Gasteiger charge is -2.06. The van der Waals surface area contributed by atoms with Crippen molar-refractivity contribution in [1.82, 2.24) is 15.6 Å². The highest BCUT2D eigenvalue weighted by molar-refractivity contribution is 14.1. The maximum atomic E-state index is 12.0. The smallest absolute Gasteiger partial charge is 0.277 e. The summed E-state index contributed by atoms with van der Waals surface area (Å²) in [5.41, 5.74) is 3.05. The largest absolute Gasteiger partial charge is 0.504 e. The Labute approximate surface area is 210 Å². The van der Waals surface area contributed by atoms with E-state index in [1.54, 1.807) is 30.3 Å². The topological polar surface area (TPSA) is 119 Å². The summed E-state index contributed by atoms with van der Waals surface area (Å²) in [6.45, 7) is 0.0142. The molecule has 0 unspecified atom stereocenters. The number of carbonyl (C=O) groups is 1. The van der Waals surface area contributed by atoms with E-state index in [4.69, 9.17) is 37.1 Å². The van der Waals surface area contributed by atoms with Crippen LogP contribution in [0.15, 0.2) is 45.1 Å². The first-order chi connectivity index (χ1) is 15.4. The van der Waals surface area contributed by atoms with Gasteiger partial charge >= 0.3 is 0 Å². The standard InChI is InChI=1S/C19H15Cl2IN4O5S/c1-29-15-5-10(4-13(22)18(15)28)7-23-24-16(27)9-32-19-26-25-17(31-19)8-30-14-3-2-11(20)6-12(14)21/h2-7,28H,8-9H2,1H3,(H,24,27)/b23-7-. The lowest BCUT2D eigenvalue weighted by Crippen LogP contribution is -2.19. The summed E-state index contributed by atoms with van der Waals surface area (Å²) in [4.78, 5) is 12.0. The Morgan fingerprint density at radius 2 is 2.12 bits per heavy atom. The number of amides is 1. The third-order valence-electron chi connectivity index (χ3n) is 3.69. The molecule has 0 fully saturated rings. The van der Waals surface area contributed by atoms with Crippen molar-refractivity contribution in [1.29, 1.82) is 0 Å². The molecule has 0 spiro atoms. The summed E-state index contributed by atoms with van der Waals surface area (Å²) in [6.07, 6.45) is 1.44. The van der Waals surface area contributed by atoms with Crippen LogP contribution in [0.5, 0.6) is 17.2 Å². The molecule has 13 heteroatoms. The van der Waals surface area contributed by atoms with Gasteiger partial charge in [-0.2, -0.15) is 5.10 Å². The van der Waals surface area contributed by atoms with Crippen LogP contribution >= 0.6 is 57.6 Å². The zero-order chi connectivity index (χ0) is 23.1. The summed E-state index contributed by atoms with van der Waals surface area (Å²) in [5, 5.41) is 22.5. The summed E-state index contributed by atoms with van der Waals surface area (Å²) < 4.78 is 16.6. The van der Waals surface area contributed by atoms with Crippen LogP contribution in [0.3, 0.4) is 0 Å². The first-order valence-electron chi connectivity index (χ1n) is 8.77. The molecular weight excluding hydrogens is 594 g/mol. The number of methoxy groups -OCH3 is 1. The molecule has 0 saturated heterocycles. The van der Waals surface area contributed by atoms with Crippen LogP contribution in [0.2, 0.25) is 10.0 Å². The fourth-order valence-electron chi connectivity index (χ4n) is 2.25. The molecule has 2 N–H and O–H groups in total. The number of hydrogen-bond acceptors (Lipinski definition) is 9. The molecule has 3 rings (SSSR count). The molecule has 168 valence electrons. The van der Waals surface area contributed by atoms with Crippen LogP contribution in [0, 0.1) is 3.57 Å². The predicted octanol–water partition coefficient (Wildman–Crippen LogP) is 4.52. The minimum Gasteiger partial charge on any atom is -0.504 e. The van der Waals surface area contributed by atoms with Crippen LogP contribution in [0.1, 0.15) is 11.5 Å². The number of thioether (sulfide) groups is 1. The lowest BCUT2D eigenvalue weighted by molar-refractivity contribution is -0.118. The van der Waals surface area contributed by atoms with E-state index in [1.165, 1.54) is 13.3 Å². The van der Waals surface area contributed by atoms with Gasteiger partial charge in [-0.25, -0.2) is 5.43 Å². The summed E-state index contributed by atoms with van der Waals surface area (Å²) in [7, 11) is 1.45. The quantitative estimate of drug-likeness (QED) is 0.158.